The lowest BCUT2D eigenvalue weighted by Crippen LogP contribution is -2.33. The highest BCUT2D eigenvalue weighted by Crippen LogP contribution is 2.32. The molecule has 1 aliphatic rings. The van der Waals surface area contributed by atoms with E-state index >= 15 is 0 Å². The maximum Gasteiger partial charge on any atom is 0.237 e. The van der Waals surface area contributed by atoms with Crippen molar-refractivity contribution in [2.24, 2.45) is 5.92 Å². The fourth-order valence-corrected chi connectivity index (χ4v) is 2.54. The molecule has 0 aliphatic carbocycles. The molecule has 0 radical (unpaired) electrons. The summed E-state index contributed by atoms with van der Waals surface area (Å²) in [7, 11) is 1.65. The molecule has 5 heteroatoms. The largest absolute Gasteiger partial charge is 0.480 e. The molecule has 2 rings (SSSR count). The van der Waals surface area contributed by atoms with Crippen LogP contribution in [0.15, 0.2) is 12.4 Å². The molecule has 0 spiro atoms. The molecular weight excluding hydrogens is 242 g/mol. The van der Waals surface area contributed by atoms with Gasteiger partial charge in [0.25, 0.3) is 0 Å². The van der Waals surface area contributed by atoms with E-state index in [1.165, 1.54) is 0 Å². The van der Waals surface area contributed by atoms with Crippen LogP contribution in [0.25, 0.3) is 0 Å². The summed E-state index contributed by atoms with van der Waals surface area (Å²) in [6.45, 7) is 4.80. The van der Waals surface area contributed by atoms with Crippen molar-refractivity contribution < 1.29 is 9.47 Å². The second-order valence-electron chi connectivity index (χ2n) is 4.83. The third-order valence-electron chi connectivity index (χ3n) is 3.53. The first-order chi connectivity index (χ1) is 9.36. The second kappa shape index (κ2) is 7.40. The van der Waals surface area contributed by atoms with Gasteiger partial charge in [0.15, 0.2) is 0 Å². The Kier molecular flexibility index (Phi) is 5.54. The number of hydrogen-bond donors (Lipinski definition) is 1. The van der Waals surface area contributed by atoms with Gasteiger partial charge in [-0.25, -0.2) is 4.98 Å². The zero-order valence-corrected chi connectivity index (χ0v) is 11.8. The summed E-state index contributed by atoms with van der Waals surface area (Å²) in [6, 6.07) is 0.201. The molecule has 0 bridgehead atoms. The van der Waals surface area contributed by atoms with Crippen molar-refractivity contribution in [3.05, 3.63) is 18.1 Å². The van der Waals surface area contributed by atoms with E-state index in [0.717, 1.165) is 44.7 Å². The molecule has 106 valence electrons. The highest BCUT2D eigenvalue weighted by Gasteiger charge is 2.28. The molecule has 1 atom stereocenters. The Labute approximate surface area is 114 Å². The average molecular weight is 265 g/mol. The van der Waals surface area contributed by atoms with Crippen molar-refractivity contribution in [1.82, 2.24) is 15.3 Å². The number of ether oxygens (including phenoxy) is 2. The Morgan fingerprint density at radius 1 is 1.37 bits per heavy atom. The first kappa shape index (κ1) is 14.2. The first-order valence-electron chi connectivity index (χ1n) is 7.02. The summed E-state index contributed by atoms with van der Waals surface area (Å²) < 4.78 is 10.8. The van der Waals surface area contributed by atoms with Crippen molar-refractivity contribution in [2.45, 2.75) is 32.2 Å². The van der Waals surface area contributed by atoms with E-state index < -0.39 is 0 Å². The van der Waals surface area contributed by atoms with Crippen LogP contribution in [0.2, 0.25) is 0 Å². The molecule has 5 nitrogen and oxygen atoms in total. The smallest absolute Gasteiger partial charge is 0.237 e. The Morgan fingerprint density at radius 2 is 2.11 bits per heavy atom. The van der Waals surface area contributed by atoms with Gasteiger partial charge in [-0.15, -0.1) is 0 Å². The van der Waals surface area contributed by atoms with Crippen molar-refractivity contribution in [3.63, 3.8) is 0 Å². The fraction of sp³-hybridized carbons (Fsp3) is 0.714. The van der Waals surface area contributed by atoms with Gasteiger partial charge >= 0.3 is 0 Å². The van der Waals surface area contributed by atoms with Crippen LogP contribution < -0.4 is 10.1 Å². The predicted molar refractivity (Wildman–Crippen MR) is 73.2 cm³/mol. The zero-order chi connectivity index (χ0) is 13.5. The van der Waals surface area contributed by atoms with Gasteiger partial charge in [0.05, 0.1) is 13.2 Å². The van der Waals surface area contributed by atoms with E-state index in [0.29, 0.717) is 11.8 Å². The van der Waals surface area contributed by atoms with Crippen LogP contribution in [-0.2, 0) is 4.74 Å². The summed E-state index contributed by atoms with van der Waals surface area (Å²) in [4.78, 5) is 8.75. The Morgan fingerprint density at radius 3 is 2.79 bits per heavy atom. The zero-order valence-electron chi connectivity index (χ0n) is 11.8. The molecule has 1 N–H and O–H groups in total. The van der Waals surface area contributed by atoms with Crippen LogP contribution in [0.4, 0.5) is 0 Å². The summed E-state index contributed by atoms with van der Waals surface area (Å²) in [5.74, 6) is 1.16. The van der Waals surface area contributed by atoms with E-state index in [2.05, 4.69) is 22.2 Å². The number of rotatable bonds is 6. The minimum absolute atomic E-state index is 0.201. The lowest BCUT2D eigenvalue weighted by atomic mass is 9.89. The average Bonchev–Trinajstić information content (AvgIpc) is 2.49. The van der Waals surface area contributed by atoms with E-state index in [-0.39, 0.29) is 6.04 Å². The molecule has 1 aromatic rings. The molecule has 2 heterocycles. The van der Waals surface area contributed by atoms with Gasteiger partial charge in [-0.2, -0.15) is 0 Å². The van der Waals surface area contributed by atoms with Crippen molar-refractivity contribution in [1.29, 1.82) is 0 Å². The van der Waals surface area contributed by atoms with Crippen molar-refractivity contribution in [3.8, 4) is 5.88 Å². The number of methoxy groups -OCH3 is 1. The molecule has 1 saturated heterocycles. The first-order valence-corrected chi connectivity index (χ1v) is 7.02. The Hall–Kier alpha value is -1.20. The third-order valence-corrected chi connectivity index (χ3v) is 3.53. The lowest BCUT2D eigenvalue weighted by Gasteiger charge is -2.31. The number of nitrogens with one attached hydrogen (secondary N) is 1. The van der Waals surface area contributed by atoms with Crippen LogP contribution >= 0.6 is 0 Å². The lowest BCUT2D eigenvalue weighted by molar-refractivity contribution is 0.0526. The topological polar surface area (TPSA) is 56.3 Å². The maximum atomic E-state index is 5.45. The van der Waals surface area contributed by atoms with Crippen molar-refractivity contribution >= 4 is 0 Å². The molecule has 1 fully saturated rings. The maximum absolute atomic E-state index is 5.45. The normalized spacial score (nSPS) is 18.2. The molecule has 1 aromatic heterocycles. The van der Waals surface area contributed by atoms with Gasteiger partial charge in [0, 0.05) is 25.6 Å². The summed E-state index contributed by atoms with van der Waals surface area (Å²) in [5.41, 5.74) is 0.922. The van der Waals surface area contributed by atoms with Crippen LogP contribution in [0.3, 0.4) is 0 Å². The van der Waals surface area contributed by atoms with Gasteiger partial charge in [-0.05, 0) is 31.7 Å². The van der Waals surface area contributed by atoms with Crippen LogP contribution in [0.1, 0.15) is 37.9 Å². The van der Waals surface area contributed by atoms with E-state index in [1.54, 1.807) is 19.5 Å². The molecular formula is C14H23N3O2. The van der Waals surface area contributed by atoms with Crippen molar-refractivity contribution in [2.75, 3.05) is 26.9 Å². The number of hydrogen-bond acceptors (Lipinski definition) is 5. The Balaban J connectivity index is 2.19. The quantitative estimate of drug-likeness (QED) is 0.852. The van der Waals surface area contributed by atoms with Gasteiger partial charge in [-0.1, -0.05) is 6.92 Å². The van der Waals surface area contributed by atoms with E-state index in [1.807, 2.05) is 0 Å². The monoisotopic (exact) mass is 265 g/mol. The highest BCUT2D eigenvalue weighted by molar-refractivity contribution is 5.22. The van der Waals surface area contributed by atoms with Crippen LogP contribution in [-0.4, -0.2) is 36.8 Å². The van der Waals surface area contributed by atoms with Gasteiger partial charge in [-0.3, -0.25) is 4.98 Å². The second-order valence-corrected chi connectivity index (χ2v) is 4.83. The van der Waals surface area contributed by atoms with E-state index in [9.17, 15) is 0 Å². The predicted octanol–water partition coefficient (Wildman–Crippen LogP) is 1.95. The minimum Gasteiger partial charge on any atom is -0.480 e. The standard InChI is InChI=1S/C14H23N3O2/c1-3-6-15-12(11-4-9-19-10-5-11)13-14(18-2)17-8-7-16-13/h7-8,11-12,15H,3-6,9-10H2,1-2H3. The van der Waals surface area contributed by atoms with E-state index in [4.69, 9.17) is 9.47 Å². The Bertz CT molecular complexity index is 381. The molecule has 0 amide bonds. The molecule has 1 aliphatic heterocycles. The summed E-state index contributed by atoms with van der Waals surface area (Å²) >= 11 is 0. The summed E-state index contributed by atoms with van der Waals surface area (Å²) in [6.07, 6.45) is 6.62. The SMILES string of the molecule is CCCNC(c1nccnc1OC)C1CCOCC1. The molecule has 0 saturated carbocycles. The number of nitrogens with zero attached hydrogens (tertiary/aromatic N) is 2. The van der Waals surface area contributed by atoms with Gasteiger partial charge in [0.2, 0.25) is 5.88 Å². The third kappa shape index (κ3) is 3.64. The fourth-order valence-electron chi connectivity index (χ4n) is 2.54. The van der Waals surface area contributed by atoms with Gasteiger partial charge in [0.1, 0.15) is 5.69 Å². The molecule has 1 unspecified atom stereocenters. The van der Waals surface area contributed by atoms with Crippen LogP contribution in [0, 0.1) is 5.92 Å². The molecule has 19 heavy (non-hydrogen) atoms. The highest BCUT2D eigenvalue weighted by atomic mass is 16.5. The molecule has 0 aromatic carbocycles. The van der Waals surface area contributed by atoms with Crippen LogP contribution in [0.5, 0.6) is 5.88 Å². The minimum atomic E-state index is 0.201. The summed E-state index contributed by atoms with van der Waals surface area (Å²) in [5, 5.41) is 3.59. The number of aromatic nitrogens is 2. The van der Waals surface area contributed by atoms with Gasteiger partial charge < -0.3 is 14.8 Å².